The van der Waals surface area contributed by atoms with Crippen LogP contribution in [0.3, 0.4) is 0 Å². The zero-order valence-corrected chi connectivity index (χ0v) is 9.86. The molecule has 0 aliphatic carbocycles. The van der Waals surface area contributed by atoms with Gasteiger partial charge in [-0.1, -0.05) is 0 Å². The smallest absolute Gasteiger partial charge is 0.322 e. The van der Waals surface area contributed by atoms with Gasteiger partial charge in [0.05, 0.1) is 19.3 Å². The van der Waals surface area contributed by atoms with Gasteiger partial charge in [-0.25, -0.2) is 5.84 Å². The lowest BCUT2D eigenvalue weighted by Gasteiger charge is -2.23. The molecule has 2 heterocycles. The van der Waals surface area contributed by atoms with Crippen molar-refractivity contribution in [3.05, 3.63) is 0 Å². The molecule has 17 heavy (non-hydrogen) atoms. The molecule has 94 valence electrons. The van der Waals surface area contributed by atoms with Gasteiger partial charge in [-0.3, -0.25) is 5.43 Å². The third-order valence-electron chi connectivity index (χ3n) is 2.56. The van der Waals surface area contributed by atoms with Crippen LogP contribution in [0.15, 0.2) is 0 Å². The van der Waals surface area contributed by atoms with Crippen LogP contribution in [-0.2, 0) is 4.74 Å². The van der Waals surface area contributed by atoms with Crippen molar-refractivity contribution in [2.45, 2.75) is 18.9 Å². The first-order chi connectivity index (χ1) is 8.15. The third kappa shape index (κ3) is 2.71. The summed E-state index contributed by atoms with van der Waals surface area (Å²) >= 11 is 0. The summed E-state index contributed by atoms with van der Waals surface area (Å²) in [4.78, 5) is 12.1. The molecule has 0 spiro atoms. The molecule has 8 nitrogen and oxygen atoms in total. The van der Waals surface area contributed by atoms with Gasteiger partial charge in [0.15, 0.2) is 0 Å². The molecule has 1 aromatic rings. The van der Waals surface area contributed by atoms with Crippen LogP contribution in [0.25, 0.3) is 0 Å². The second kappa shape index (κ2) is 4.68. The molecule has 1 aromatic heterocycles. The van der Waals surface area contributed by atoms with Gasteiger partial charge in [0.2, 0.25) is 11.9 Å². The number of ether oxygens (including phenoxy) is 2. The van der Waals surface area contributed by atoms with E-state index in [9.17, 15) is 0 Å². The van der Waals surface area contributed by atoms with Crippen molar-refractivity contribution < 1.29 is 9.47 Å². The molecule has 1 atom stereocenters. The Hall–Kier alpha value is -1.67. The Morgan fingerprint density at radius 1 is 1.35 bits per heavy atom. The molecule has 4 N–H and O–H groups in total. The van der Waals surface area contributed by atoms with Crippen molar-refractivity contribution in [1.29, 1.82) is 0 Å². The summed E-state index contributed by atoms with van der Waals surface area (Å²) in [6.45, 7) is 3.39. The number of rotatable bonds is 4. The minimum atomic E-state index is -0.168. The van der Waals surface area contributed by atoms with Crippen molar-refractivity contribution >= 4 is 11.9 Å². The van der Waals surface area contributed by atoms with E-state index >= 15 is 0 Å². The minimum Gasteiger partial charge on any atom is -0.467 e. The second-order valence-electron chi connectivity index (χ2n) is 4.10. The van der Waals surface area contributed by atoms with Crippen LogP contribution in [0.4, 0.5) is 11.9 Å². The lowest BCUT2D eigenvalue weighted by atomic mass is 10.0. The van der Waals surface area contributed by atoms with Crippen molar-refractivity contribution in [3.63, 3.8) is 0 Å². The Bertz CT molecular complexity index is 371. The van der Waals surface area contributed by atoms with Crippen molar-refractivity contribution in [2.75, 3.05) is 31.1 Å². The maximum atomic E-state index is 5.34. The van der Waals surface area contributed by atoms with Gasteiger partial charge >= 0.3 is 6.01 Å². The number of anilines is 2. The van der Waals surface area contributed by atoms with Gasteiger partial charge in [0.1, 0.15) is 0 Å². The molecule has 1 aliphatic rings. The highest BCUT2D eigenvalue weighted by Crippen LogP contribution is 2.22. The molecule has 0 saturated carbocycles. The molecule has 0 bridgehead atoms. The van der Waals surface area contributed by atoms with Crippen LogP contribution in [-0.4, -0.2) is 40.8 Å². The van der Waals surface area contributed by atoms with E-state index in [1.165, 1.54) is 7.11 Å². The summed E-state index contributed by atoms with van der Waals surface area (Å²) in [5, 5.41) is 3.20. The third-order valence-corrected chi connectivity index (χ3v) is 2.56. The summed E-state index contributed by atoms with van der Waals surface area (Å²) < 4.78 is 10.3. The predicted octanol–water partition coefficient (Wildman–Crippen LogP) is -0.243. The Morgan fingerprint density at radius 2 is 2.12 bits per heavy atom. The highest BCUT2D eigenvalue weighted by atomic mass is 16.5. The number of hydrazine groups is 1. The summed E-state index contributed by atoms with van der Waals surface area (Å²) in [5.41, 5.74) is 2.20. The normalized spacial score (nSPS) is 23.5. The van der Waals surface area contributed by atoms with Gasteiger partial charge < -0.3 is 14.8 Å². The number of aromatic nitrogens is 3. The van der Waals surface area contributed by atoms with Crippen LogP contribution in [0.5, 0.6) is 6.01 Å². The summed E-state index contributed by atoms with van der Waals surface area (Å²) in [6, 6.07) is 0.206. The quantitative estimate of drug-likeness (QED) is 0.489. The average Bonchev–Trinajstić information content (AvgIpc) is 2.75. The van der Waals surface area contributed by atoms with E-state index in [1.807, 2.05) is 6.92 Å². The van der Waals surface area contributed by atoms with E-state index in [0.717, 1.165) is 13.0 Å². The highest BCUT2D eigenvalue weighted by molar-refractivity contribution is 5.37. The van der Waals surface area contributed by atoms with E-state index in [2.05, 4.69) is 25.7 Å². The number of nitrogens with two attached hydrogens (primary N) is 1. The topological polar surface area (TPSA) is 107 Å². The lowest BCUT2D eigenvalue weighted by Crippen LogP contribution is -2.36. The van der Waals surface area contributed by atoms with Gasteiger partial charge in [0, 0.05) is 6.61 Å². The Morgan fingerprint density at radius 3 is 2.71 bits per heavy atom. The molecule has 2 rings (SSSR count). The number of nitrogen functional groups attached to an aromatic ring is 1. The molecule has 1 fully saturated rings. The Balaban J connectivity index is 2.19. The van der Waals surface area contributed by atoms with E-state index < -0.39 is 0 Å². The van der Waals surface area contributed by atoms with E-state index in [0.29, 0.717) is 12.6 Å². The number of nitrogens with one attached hydrogen (secondary N) is 2. The first-order valence-corrected chi connectivity index (χ1v) is 5.28. The average molecular weight is 240 g/mol. The fraction of sp³-hybridized carbons (Fsp3) is 0.667. The predicted molar refractivity (Wildman–Crippen MR) is 61.7 cm³/mol. The van der Waals surface area contributed by atoms with E-state index in [-0.39, 0.29) is 17.5 Å². The molecule has 0 aromatic carbocycles. The Labute approximate surface area is 98.9 Å². The standard InChI is InChI=1S/C9H16N6O2/c1-9(3-4-17-5-9)14-6-11-7(15-10)13-8(12-6)16-2/h3-5,10H2,1-2H3,(H2,11,12,13,14,15). The fourth-order valence-corrected chi connectivity index (χ4v) is 1.60. The molecular weight excluding hydrogens is 224 g/mol. The SMILES string of the molecule is COc1nc(NN)nc(NC2(C)CCOC2)n1. The van der Waals surface area contributed by atoms with Crippen molar-refractivity contribution in [2.24, 2.45) is 5.84 Å². The lowest BCUT2D eigenvalue weighted by molar-refractivity contribution is 0.185. The monoisotopic (exact) mass is 240 g/mol. The van der Waals surface area contributed by atoms with E-state index in [1.54, 1.807) is 0 Å². The number of methoxy groups -OCH3 is 1. The molecule has 1 saturated heterocycles. The summed E-state index contributed by atoms with van der Waals surface area (Å²) in [7, 11) is 1.49. The number of hydrogen-bond acceptors (Lipinski definition) is 8. The van der Waals surface area contributed by atoms with Crippen molar-refractivity contribution in [1.82, 2.24) is 15.0 Å². The molecular formula is C9H16N6O2. The zero-order chi connectivity index (χ0) is 12.3. The first kappa shape index (κ1) is 11.8. The maximum absolute atomic E-state index is 5.34. The Kier molecular flexibility index (Phi) is 3.25. The largest absolute Gasteiger partial charge is 0.467 e. The van der Waals surface area contributed by atoms with Crippen molar-refractivity contribution in [3.8, 4) is 6.01 Å². The van der Waals surface area contributed by atoms with Gasteiger partial charge in [0.25, 0.3) is 0 Å². The maximum Gasteiger partial charge on any atom is 0.322 e. The molecule has 0 radical (unpaired) electrons. The first-order valence-electron chi connectivity index (χ1n) is 5.28. The molecule has 1 unspecified atom stereocenters. The summed E-state index contributed by atoms with van der Waals surface area (Å²) in [6.07, 6.45) is 0.895. The zero-order valence-electron chi connectivity index (χ0n) is 9.86. The number of hydrogen-bond donors (Lipinski definition) is 3. The summed E-state index contributed by atoms with van der Waals surface area (Å²) in [5.74, 6) is 5.94. The molecule has 8 heteroatoms. The van der Waals surface area contributed by atoms with Gasteiger partial charge in [-0.05, 0) is 13.3 Å². The molecule has 1 aliphatic heterocycles. The fourth-order valence-electron chi connectivity index (χ4n) is 1.60. The molecule has 0 amide bonds. The minimum absolute atomic E-state index is 0.168. The van der Waals surface area contributed by atoms with Crippen LogP contribution < -0.4 is 21.3 Å². The van der Waals surface area contributed by atoms with Gasteiger partial charge in [-0.2, -0.15) is 15.0 Å². The van der Waals surface area contributed by atoms with Crippen LogP contribution in [0.2, 0.25) is 0 Å². The van der Waals surface area contributed by atoms with Gasteiger partial charge in [-0.15, -0.1) is 0 Å². The number of nitrogens with zero attached hydrogens (tertiary/aromatic N) is 3. The van der Waals surface area contributed by atoms with Crippen LogP contribution >= 0.6 is 0 Å². The highest BCUT2D eigenvalue weighted by Gasteiger charge is 2.30. The van der Waals surface area contributed by atoms with Crippen LogP contribution in [0.1, 0.15) is 13.3 Å². The second-order valence-corrected chi connectivity index (χ2v) is 4.10. The van der Waals surface area contributed by atoms with E-state index in [4.69, 9.17) is 15.3 Å². The van der Waals surface area contributed by atoms with Crippen LogP contribution in [0, 0.1) is 0 Å².